The molecule has 0 N–H and O–H groups in total. The summed E-state index contributed by atoms with van der Waals surface area (Å²) in [7, 11) is 6.24. The summed E-state index contributed by atoms with van der Waals surface area (Å²) < 4.78 is 10.4. The average molecular weight is 423 g/mol. The molecule has 0 aliphatic carbocycles. The van der Waals surface area contributed by atoms with Crippen LogP contribution in [0, 0.1) is 0 Å². The molecule has 0 unspecified atom stereocenters. The highest BCUT2D eigenvalue weighted by Gasteiger charge is 2.45. The first-order valence-corrected chi connectivity index (χ1v) is 10.3. The van der Waals surface area contributed by atoms with Crippen LogP contribution in [0.15, 0.2) is 65.9 Å². The lowest BCUT2D eigenvalue weighted by Gasteiger charge is -2.41. The number of hydrogen-bond acceptors (Lipinski definition) is 5. The zero-order valence-corrected chi connectivity index (χ0v) is 18.0. The summed E-state index contributed by atoms with van der Waals surface area (Å²) in [5.74, 6) is 0.114. The lowest BCUT2D eigenvalue weighted by atomic mass is 9.92. The van der Waals surface area contributed by atoms with Gasteiger partial charge in [-0.3, -0.25) is 9.69 Å². The van der Waals surface area contributed by atoms with Crippen LogP contribution < -0.4 is 4.74 Å². The second-order valence-electron chi connectivity index (χ2n) is 6.98. The van der Waals surface area contributed by atoms with Crippen molar-refractivity contribution in [3.8, 4) is 5.75 Å². The van der Waals surface area contributed by atoms with Crippen molar-refractivity contribution in [1.82, 2.24) is 9.80 Å². The molecule has 30 heavy (non-hydrogen) atoms. The highest BCUT2D eigenvalue weighted by Crippen LogP contribution is 2.40. The van der Waals surface area contributed by atoms with Crippen molar-refractivity contribution in [2.45, 2.75) is 13.0 Å². The summed E-state index contributed by atoms with van der Waals surface area (Å²) in [4.78, 5) is 30.6. The molecule has 0 saturated heterocycles. The first kappa shape index (κ1) is 20.0. The number of methoxy groups -OCH3 is 2. The van der Waals surface area contributed by atoms with Crippen LogP contribution in [0.25, 0.3) is 0 Å². The second kappa shape index (κ2) is 7.84. The van der Waals surface area contributed by atoms with Crippen LogP contribution in [0.1, 0.15) is 24.1 Å². The van der Waals surface area contributed by atoms with Crippen molar-refractivity contribution in [2.75, 3.05) is 21.3 Å². The smallest absolute Gasteiger partial charge is 0.337 e. The van der Waals surface area contributed by atoms with Gasteiger partial charge in [-0.25, -0.2) is 4.79 Å². The molecule has 2 heterocycles. The topological polar surface area (TPSA) is 59.1 Å². The van der Waals surface area contributed by atoms with Gasteiger partial charge in [0.25, 0.3) is 5.91 Å². The highest BCUT2D eigenvalue weighted by atomic mass is 32.1. The van der Waals surface area contributed by atoms with Gasteiger partial charge in [0, 0.05) is 12.7 Å². The molecular formula is C23H22N2O4S. The highest BCUT2D eigenvalue weighted by molar-refractivity contribution is 8.00. The van der Waals surface area contributed by atoms with E-state index in [1.54, 1.807) is 12.0 Å². The van der Waals surface area contributed by atoms with E-state index in [9.17, 15) is 9.59 Å². The monoisotopic (exact) mass is 422 g/mol. The summed E-state index contributed by atoms with van der Waals surface area (Å²) >= 11 is 0. The van der Waals surface area contributed by atoms with E-state index in [-0.39, 0.29) is 5.91 Å². The molecule has 0 radical (unpaired) electrons. The molecule has 7 heteroatoms. The standard InChI is InChI=1S/C23H22N2O4S/c1-14-18(22(27)29-4)19(15-10-12-17(28-3)13-11-15)25-21(26)20(30-23(25)24(14)2)16-8-6-5-7-9-16/h5-13,19H,1-4H3/t19-/m1/s1. The lowest BCUT2D eigenvalue weighted by Crippen LogP contribution is -2.51. The Kier molecular flexibility index (Phi) is 5.22. The molecular weight excluding hydrogens is 400 g/mol. The van der Waals surface area contributed by atoms with Crippen molar-refractivity contribution >= 4 is 32.8 Å². The minimum Gasteiger partial charge on any atom is -0.497 e. The SMILES string of the molecule is COC(=O)C1=C(C)N(C)C2=S=C(c3ccccc3)C(=O)N2[C@@H]1c1ccc(OC)cc1. The summed E-state index contributed by atoms with van der Waals surface area (Å²) in [5.41, 5.74) is 2.86. The fraction of sp³-hybridized carbons (Fsp3) is 0.217. The van der Waals surface area contributed by atoms with Gasteiger partial charge in [0.2, 0.25) is 0 Å². The number of rotatable bonds is 4. The number of benzene rings is 2. The van der Waals surface area contributed by atoms with Gasteiger partial charge in [-0.15, -0.1) is 0 Å². The van der Waals surface area contributed by atoms with E-state index in [0.717, 1.165) is 21.9 Å². The van der Waals surface area contributed by atoms with Crippen molar-refractivity contribution in [3.63, 3.8) is 0 Å². The zero-order valence-electron chi connectivity index (χ0n) is 17.2. The van der Waals surface area contributed by atoms with Crippen LogP contribution in [-0.4, -0.2) is 52.9 Å². The summed E-state index contributed by atoms with van der Waals surface area (Å²) in [5, 5.41) is 0.768. The van der Waals surface area contributed by atoms with Gasteiger partial charge < -0.3 is 14.4 Å². The lowest BCUT2D eigenvalue weighted by molar-refractivity contribution is -0.137. The first-order chi connectivity index (χ1) is 14.5. The molecule has 2 aromatic rings. The molecule has 0 bridgehead atoms. The molecule has 154 valence electrons. The van der Waals surface area contributed by atoms with Crippen molar-refractivity contribution in [2.24, 2.45) is 0 Å². The predicted octanol–water partition coefficient (Wildman–Crippen LogP) is 3.01. The average Bonchev–Trinajstić information content (AvgIpc) is 3.13. The Bertz CT molecular complexity index is 1120. The summed E-state index contributed by atoms with van der Waals surface area (Å²) in [6.07, 6.45) is 0. The molecule has 0 aromatic heterocycles. The number of hydrogen-bond donors (Lipinski definition) is 0. The van der Waals surface area contributed by atoms with E-state index in [1.807, 2.05) is 73.5 Å². The van der Waals surface area contributed by atoms with Crippen molar-refractivity contribution in [3.05, 3.63) is 77.0 Å². The Morgan fingerprint density at radius 3 is 2.30 bits per heavy atom. The largest absolute Gasteiger partial charge is 0.497 e. The van der Waals surface area contributed by atoms with Crippen LogP contribution >= 0.6 is 10.9 Å². The van der Waals surface area contributed by atoms with Gasteiger partial charge in [-0.2, -0.15) is 0 Å². The number of ether oxygens (including phenoxy) is 2. The Hall–Kier alpha value is -3.32. The number of esters is 1. The van der Waals surface area contributed by atoms with E-state index < -0.39 is 12.0 Å². The maximum Gasteiger partial charge on any atom is 0.337 e. The van der Waals surface area contributed by atoms with E-state index in [0.29, 0.717) is 16.2 Å². The quantitative estimate of drug-likeness (QED) is 0.560. The van der Waals surface area contributed by atoms with Crippen molar-refractivity contribution in [1.29, 1.82) is 0 Å². The number of allylic oxidation sites excluding steroid dienone is 1. The molecule has 2 aliphatic rings. The molecule has 1 amide bonds. The van der Waals surface area contributed by atoms with Gasteiger partial charge in [-0.1, -0.05) is 53.4 Å². The maximum absolute atomic E-state index is 13.6. The van der Waals surface area contributed by atoms with Crippen LogP contribution in [0.2, 0.25) is 0 Å². The number of fused-ring (bicyclic) bond motifs is 1. The van der Waals surface area contributed by atoms with Crippen molar-refractivity contribution < 1.29 is 19.1 Å². The fourth-order valence-corrected chi connectivity index (χ4v) is 4.92. The van der Waals surface area contributed by atoms with Gasteiger partial charge >= 0.3 is 5.97 Å². The Labute approximate surface area is 178 Å². The second-order valence-corrected chi connectivity index (χ2v) is 7.96. The number of carbonyl (C=O) groups is 2. The number of amides is 1. The molecule has 2 aromatic carbocycles. The molecule has 0 spiro atoms. The van der Waals surface area contributed by atoms with Gasteiger partial charge in [0.15, 0.2) is 5.11 Å². The van der Waals surface area contributed by atoms with E-state index >= 15 is 0 Å². The minimum absolute atomic E-state index is 0.136. The first-order valence-electron chi connectivity index (χ1n) is 9.45. The predicted molar refractivity (Wildman–Crippen MR) is 118 cm³/mol. The Balaban J connectivity index is 1.91. The van der Waals surface area contributed by atoms with Crippen LogP contribution in [0.4, 0.5) is 0 Å². The normalized spacial score (nSPS) is 18.4. The minimum atomic E-state index is -0.587. The molecule has 6 nitrogen and oxygen atoms in total. The zero-order chi connectivity index (χ0) is 21.4. The molecule has 2 aliphatic heterocycles. The van der Waals surface area contributed by atoms with E-state index in [1.165, 1.54) is 18.0 Å². The van der Waals surface area contributed by atoms with Crippen LogP contribution in [-0.2, 0) is 14.3 Å². The third-order valence-electron chi connectivity index (χ3n) is 5.40. The van der Waals surface area contributed by atoms with Crippen LogP contribution in [0.3, 0.4) is 0 Å². The molecule has 4 rings (SSSR count). The van der Waals surface area contributed by atoms with E-state index in [2.05, 4.69) is 0 Å². The summed E-state index contributed by atoms with van der Waals surface area (Å²) in [6, 6.07) is 16.4. The van der Waals surface area contributed by atoms with Gasteiger partial charge in [0.1, 0.15) is 10.6 Å². The maximum atomic E-state index is 13.6. The third kappa shape index (κ3) is 3.11. The molecule has 1 atom stereocenters. The molecule has 0 fully saturated rings. The fourth-order valence-electron chi connectivity index (χ4n) is 3.73. The number of carbonyl (C=O) groups excluding carboxylic acids is 2. The van der Waals surface area contributed by atoms with E-state index in [4.69, 9.17) is 9.47 Å². The number of nitrogens with zero attached hydrogens (tertiary/aromatic N) is 2. The Morgan fingerprint density at radius 2 is 1.70 bits per heavy atom. The van der Waals surface area contributed by atoms with Gasteiger partial charge in [0.05, 0.1) is 25.8 Å². The third-order valence-corrected chi connectivity index (χ3v) is 6.66. The summed E-state index contributed by atoms with van der Waals surface area (Å²) in [6.45, 7) is 1.87. The Morgan fingerprint density at radius 1 is 1.03 bits per heavy atom. The molecule has 0 saturated carbocycles. The van der Waals surface area contributed by atoms with Gasteiger partial charge in [-0.05, 0) is 30.2 Å². The van der Waals surface area contributed by atoms with Crippen LogP contribution in [0.5, 0.6) is 5.75 Å².